The van der Waals surface area contributed by atoms with Gasteiger partial charge >= 0.3 is 12.1 Å². The molecule has 204 valence electrons. The molecule has 39 heavy (non-hydrogen) atoms. The van der Waals surface area contributed by atoms with Gasteiger partial charge in [-0.3, -0.25) is 19.1 Å². The molecule has 0 bridgehead atoms. The number of ether oxygens (including phenoxy) is 1. The second-order valence-corrected chi connectivity index (χ2v) is 10.6. The number of nitrogens with one attached hydrogen (secondary N) is 1. The molecule has 0 saturated heterocycles. The fourth-order valence-corrected chi connectivity index (χ4v) is 4.86. The van der Waals surface area contributed by atoms with Crippen LogP contribution in [0.25, 0.3) is 28.0 Å². The van der Waals surface area contributed by atoms with E-state index in [0.717, 1.165) is 28.9 Å². The molecule has 1 atom stereocenters. The maximum atomic E-state index is 13.0. The summed E-state index contributed by atoms with van der Waals surface area (Å²) in [5.41, 5.74) is 1.64. The SMILES string of the molecule is Cn1c2c(c3ccc(-n4ccc(-c5ccc(C(F)(F)F)nc5)cc4=O)nc31)CC(C(=O)OC(C)(C)C)NCC2. The van der Waals surface area contributed by atoms with Gasteiger partial charge in [-0.25, -0.2) is 4.98 Å². The number of alkyl halides is 3. The normalized spacial score (nSPS) is 16.1. The monoisotopic (exact) mass is 539 g/mol. The summed E-state index contributed by atoms with van der Waals surface area (Å²) in [5, 5.41) is 4.19. The molecule has 11 heteroatoms. The number of carbonyl (C=O) groups is 1. The zero-order chi connectivity index (χ0) is 28.1. The molecule has 0 aliphatic carbocycles. The summed E-state index contributed by atoms with van der Waals surface area (Å²) >= 11 is 0. The van der Waals surface area contributed by atoms with Gasteiger partial charge in [0.15, 0.2) is 0 Å². The number of nitrogens with zero attached hydrogens (tertiary/aromatic N) is 4. The van der Waals surface area contributed by atoms with Gasteiger partial charge in [0.1, 0.15) is 28.8 Å². The Labute approximate surface area is 222 Å². The van der Waals surface area contributed by atoms with Crippen molar-refractivity contribution in [3.63, 3.8) is 0 Å². The van der Waals surface area contributed by atoms with Crippen LogP contribution in [0, 0.1) is 0 Å². The van der Waals surface area contributed by atoms with Crippen molar-refractivity contribution in [1.82, 2.24) is 24.4 Å². The number of rotatable bonds is 3. The van der Waals surface area contributed by atoms with Crippen molar-refractivity contribution in [2.75, 3.05) is 6.54 Å². The second-order valence-electron chi connectivity index (χ2n) is 10.6. The Kier molecular flexibility index (Phi) is 6.58. The molecule has 1 N–H and O–H groups in total. The largest absolute Gasteiger partial charge is 0.459 e. The highest BCUT2D eigenvalue weighted by Gasteiger charge is 2.32. The molecular weight excluding hydrogens is 511 g/mol. The standard InChI is InChI=1S/C28H28F3N5O3/c1-27(2,3)39-26(38)20-14-19-18-6-8-23(34-25(18)35(4)21(19)9-11-32-20)36-12-10-16(13-24(36)37)17-5-7-22(33-15-17)28(29,30)31/h5-8,10,12-13,15,20,32H,9,11,14H2,1-4H3. The molecule has 0 fully saturated rings. The van der Waals surface area contributed by atoms with Crippen LogP contribution in [0.15, 0.2) is 53.6 Å². The first-order valence-electron chi connectivity index (χ1n) is 12.5. The van der Waals surface area contributed by atoms with Crippen molar-refractivity contribution in [3.8, 4) is 16.9 Å². The number of carbonyl (C=O) groups excluding carboxylic acids is 1. The topological polar surface area (TPSA) is 91.0 Å². The van der Waals surface area contributed by atoms with E-state index in [-0.39, 0.29) is 11.5 Å². The van der Waals surface area contributed by atoms with Crippen LogP contribution in [-0.4, -0.2) is 43.3 Å². The van der Waals surface area contributed by atoms with Crippen LogP contribution in [0.4, 0.5) is 13.2 Å². The van der Waals surface area contributed by atoms with Crippen molar-refractivity contribution in [2.45, 2.75) is 51.4 Å². The van der Waals surface area contributed by atoms with Gasteiger partial charge in [-0.15, -0.1) is 0 Å². The Morgan fingerprint density at radius 1 is 1.10 bits per heavy atom. The lowest BCUT2D eigenvalue weighted by molar-refractivity contribution is -0.157. The summed E-state index contributed by atoms with van der Waals surface area (Å²) in [6, 6.07) is 8.31. The van der Waals surface area contributed by atoms with Crippen LogP contribution < -0.4 is 10.9 Å². The van der Waals surface area contributed by atoms with Crippen molar-refractivity contribution in [1.29, 1.82) is 0 Å². The Bertz CT molecular complexity index is 1620. The lowest BCUT2D eigenvalue weighted by atomic mass is 10.0. The molecule has 4 aromatic rings. The van der Waals surface area contributed by atoms with E-state index in [1.807, 2.05) is 38.5 Å². The average Bonchev–Trinajstić information content (AvgIpc) is 3.00. The molecule has 0 radical (unpaired) electrons. The minimum atomic E-state index is -4.53. The number of hydrogen-bond donors (Lipinski definition) is 1. The van der Waals surface area contributed by atoms with Gasteiger partial charge in [0.25, 0.3) is 5.56 Å². The molecule has 1 unspecified atom stereocenters. The molecule has 1 aliphatic heterocycles. The predicted octanol–water partition coefficient (Wildman–Crippen LogP) is 4.20. The zero-order valence-electron chi connectivity index (χ0n) is 22.0. The Balaban J connectivity index is 1.46. The van der Waals surface area contributed by atoms with E-state index in [4.69, 9.17) is 9.72 Å². The lowest BCUT2D eigenvalue weighted by Crippen LogP contribution is -2.42. The first-order valence-corrected chi connectivity index (χ1v) is 12.5. The van der Waals surface area contributed by atoms with Crippen LogP contribution in [0.2, 0.25) is 0 Å². The summed E-state index contributed by atoms with van der Waals surface area (Å²) in [4.78, 5) is 34.0. The van der Waals surface area contributed by atoms with E-state index < -0.39 is 23.5 Å². The van der Waals surface area contributed by atoms with Gasteiger partial charge < -0.3 is 14.6 Å². The minimum Gasteiger partial charge on any atom is -0.459 e. The van der Waals surface area contributed by atoms with Crippen molar-refractivity contribution < 1.29 is 22.7 Å². The molecule has 1 aliphatic rings. The third-order valence-corrected chi connectivity index (χ3v) is 6.66. The number of halogens is 3. The fraction of sp³-hybridized carbons (Fsp3) is 0.357. The Morgan fingerprint density at radius 2 is 1.87 bits per heavy atom. The quantitative estimate of drug-likeness (QED) is 0.393. The smallest absolute Gasteiger partial charge is 0.433 e. The second kappa shape index (κ2) is 9.64. The van der Waals surface area contributed by atoms with Gasteiger partial charge in [0.05, 0.1) is 0 Å². The molecule has 5 heterocycles. The highest BCUT2D eigenvalue weighted by atomic mass is 19.4. The van der Waals surface area contributed by atoms with Crippen LogP contribution in [0.1, 0.15) is 37.7 Å². The molecule has 0 amide bonds. The number of aryl methyl sites for hydroxylation is 1. The zero-order valence-corrected chi connectivity index (χ0v) is 22.0. The van der Waals surface area contributed by atoms with Gasteiger partial charge in [-0.1, -0.05) is 6.07 Å². The van der Waals surface area contributed by atoms with E-state index in [1.165, 1.54) is 16.7 Å². The molecule has 0 aromatic carbocycles. The van der Waals surface area contributed by atoms with Gasteiger partial charge in [0.2, 0.25) is 0 Å². The lowest BCUT2D eigenvalue weighted by Gasteiger charge is -2.23. The fourth-order valence-electron chi connectivity index (χ4n) is 4.86. The molecule has 0 spiro atoms. The summed E-state index contributed by atoms with van der Waals surface area (Å²) in [5.74, 6) is 0.106. The highest BCUT2D eigenvalue weighted by molar-refractivity contribution is 5.85. The first kappa shape index (κ1) is 26.6. The third kappa shape index (κ3) is 5.31. The summed E-state index contributed by atoms with van der Waals surface area (Å²) < 4.78 is 47.4. The van der Waals surface area contributed by atoms with Gasteiger partial charge in [-0.05, 0) is 56.2 Å². The Hall–Kier alpha value is -3.99. The van der Waals surface area contributed by atoms with Crippen LogP contribution in [0.5, 0.6) is 0 Å². The van der Waals surface area contributed by atoms with E-state index in [0.29, 0.717) is 42.0 Å². The average molecular weight is 540 g/mol. The molecule has 0 saturated carbocycles. The Morgan fingerprint density at radius 3 is 2.51 bits per heavy atom. The van der Waals surface area contributed by atoms with Crippen molar-refractivity contribution in [3.05, 3.63) is 76.1 Å². The number of fused-ring (bicyclic) bond motifs is 3. The van der Waals surface area contributed by atoms with E-state index >= 15 is 0 Å². The van der Waals surface area contributed by atoms with E-state index in [2.05, 4.69) is 10.3 Å². The van der Waals surface area contributed by atoms with Crippen molar-refractivity contribution in [2.24, 2.45) is 7.05 Å². The molecule has 5 rings (SSSR count). The van der Waals surface area contributed by atoms with Crippen LogP contribution in [-0.2, 0) is 35.6 Å². The molecule has 8 nitrogen and oxygen atoms in total. The highest BCUT2D eigenvalue weighted by Crippen LogP contribution is 2.30. The molecule has 4 aromatic heterocycles. The summed E-state index contributed by atoms with van der Waals surface area (Å²) in [6.45, 7) is 6.12. The van der Waals surface area contributed by atoms with Gasteiger partial charge in [-0.2, -0.15) is 13.2 Å². The van der Waals surface area contributed by atoms with Crippen molar-refractivity contribution >= 4 is 17.0 Å². The first-order chi connectivity index (χ1) is 18.3. The summed E-state index contributed by atoms with van der Waals surface area (Å²) in [7, 11) is 1.91. The van der Waals surface area contributed by atoms with E-state index in [9.17, 15) is 22.8 Å². The number of pyridine rings is 3. The number of hydrogen-bond acceptors (Lipinski definition) is 6. The minimum absolute atomic E-state index is 0.299. The van der Waals surface area contributed by atoms with Crippen LogP contribution >= 0.6 is 0 Å². The maximum Gasteiger partial charge on any atom is 0.433 e. The number of aromatic nitrogens is 4. The molecular formula is C28H28F3N5O3. The predicted molar refractivity (Wildman–Crippen MR) is 140 cm³/mol. The maximum absolute atomic E-state index is 13.0. The summed E-state index contributed by atoms with van der Waals surface area (Å²) in [6.07, 6.45) is -0.734. The van der Waals surface area contributed by atoms with Crippen LogP contribution in [0.3, 0.4) is 0 Å². The van der Waals surface area contributed by atoms with Gasteiger partial charge in [0, 0.05) is 61.5 Å². The third-order valence-electron chi connectivity index (χ3n) is 6.66. The number of esters is 1. The van der Waals surface area contributed by atoms with E-state index in [1.54, 1.807) is 18.3 Å².